The predicted molar refractivity (Wildman–Crippen MR) is 292 cm³/mol. The summed E-state index contributed by atoms with van der Waals surface area (Å²) >= 11 is 0. The molecule has 2 amide bonds. The number of nitrogens with two attached hydrogens (primary N) is 2. The third-order valence-electron chi connectivity index (χ3n) is 13.7. The number of aromatic amines is 1. The number of amides is 2. The number of rotatable bonds is 27. The van der Waals surface area contributed by atoms with Gasteiger partial charge in [0.05, 0.1) is 68.9 Å². The van der Waals surface area contributed by atoms with E-state index in [1.807, 2.05) is 52.4 Å². The molecule has 2 aliphatic rings. The number of phenolic OH excluding ortho intramolecular Hbond substituents is 1. The summed E-state index contributed by atoms with van der Waals surface area (Å²) in [5, 5.41) is 32.1. The van der Waals surface area contributed by atoms with E-state index in [-0.39, 0.29) is 36.3 Å². The summed E-state index contributed by atoms with van der Waals surface area (Å²) in [4.78, 5) is 55.4. The molecular weight excluding hydrogens is 983 g/mol. The lowest BCUT2D eigenvalue weighted by molar-refractivity contribution is -0.136. The number of fused-ring (bicyclic) bond motifs is 1. The van der Waals surface area contributed by atoms with Crippen molar-refractivity contribution in [3.8, 4) is 18.1 Å². The Morgan fingerprint density at radius 2 is 1.22 bits per heavy atom. The van der Waals surface area contributed by atoms with Crippen LogP contribution in [0.3, 0.4) is 0 Å². The molecule has 4 unspecified atom stereocenters. The number of hydrogen-bond acceptors (Lipinski definition) is 18. The second-order valence-electron chi connectivity index (χ2n) is 20.5. The summed E-state index contributed by atoms with van der Waals surface area (Å²) in [6.07, 6.45) is 11.0. The number of aromatic hydroxyl groups is 1. The van der Waals surface area contributed by atoms with Gasteiger partial charge in [-0.3, -0.25) is 9.59 Å². The number of para-hydroxylation sites is 1. The minimum Gasteiger partial charge on any atom is -0.508 e. The maximum Gasteiger partial charge on any atom is 0.248 e. The zero-order valence-corrected chi connectivity index (χ0v) is 44.8. The van der Waals surface area contributed by atoms with E-state index in [1.54, 1.807) is 27.7 Å². The van der Waals surface area contributed by atoms with Gasteiger partial charge in [-0.15, -0.1) is 16.6 Å². The van der Waals surface area contributed by atoms with Gasteiger partial charge in [0.1, 0.15) is 24.4 Å². The zero-order valence-electron chi connectivity index (χ0n) is 44.8. The minimum absolute atomic E-state index is 0.0739. The second-order valence-corrected chi connectivity index (χ2v) is 20.5. The number of nitrogens with one attached hydrogen (secondary N) is 2. The van der Waals surface area contributed by atoms with Crippen LogP contribution in [-0.4, -0.2) is 175 Å². The van der Waals surface area contributed by atoms with E-state index >= 15 is 0 Å². The average Bonchev–Trinajstić information content (AvgIpc) is 4.23. The molecule has 23 nitrogen and oxygen atoms in total. The molecule has 412 valence electrons. The zero-order chi connectivity index (χ0) is 54.3. The Labute approximate surface area is 450 Å². The summed E-state index contributed by atoms with van der Waals surface area (Å²) in [5.74, 6) is 4.41. The van der Waals surface area contributed by atoms with Crippen molar-refractivity contribution in [3.05, 3.63) is 89.6 Å². The fraction of sp³-hybridized carbons (Fsp3) is 0.537. The number of ether oxygens (including phenoxy) is 3. The van der Waals surface area contributed by atoms with Gasteiger partial charge in [-0.05, 0) is 59.9 Å². The highest BCUT2D eigenvalue weighted by Gasteiger charge is 2.34. The Kier molecular flexibility index (Phi) is 19.8. The molecule has 77 heavy (non-hydrogen) atoms. The molecule has 2 fully saturated rings. The highest BCUT2D eigenvalue weighted by atomic mass is 16.5. The number of anilines is 3. The van der Waals surface area contributed by atoms with Crippen molar-refractivity contribution < 1.29 is 28.9 Å². The minimum atomic E-state index is -0.698. The molecule has 23 heteroatoms. The van der Waals surface area contributed by atoms with Crippen LogP contribution >= 0.6 is 0 Å². The van der Waals surface area contributed by atoms with Crippen LogP contribution in [0.2, 0.25) is 0 Å². The first-order valence-corrected chi connectivity index (χ1v) is 26.7. The lowest BCUT2D eigenvalue weighted by Gasteiger charge is -2.38. The lowest BCUT2D eigenvalue weighted by atomic mass is 10.0. The van der Waals surface area contributed by atoms with Gasteiger partial charge in [-0.2, -0.15) is 15.0 Å². The number of carbonyl (C=O) groups is 2. The Bertz CT molecular complexity index is 2810. The number of nitrogens with zero attached hydrogens (tertiary/aromatic N) is 13. The van der Waals surface area contributed by atoms with E-state index in [2.05, 4.69) is 80.4 Å². The number of piperazine rings is 2. The van der Waals surface area contributed by atoms with Gasteiger partial charge in [-0.1, -0.05) is 74.4 Å². The smallest absolute Gasteiger partial charge is 0.248 e. The number of carbonyl (C=O) groups excluding carboxylic acids is 2. The van der Waals surface area contributed by atoms with Crippen molar-refractivity contribution >= 4 is 40.6 Å². The van der Waals surface area contributed by atoms with Gasteiger partial charge >= 0.3 is 0 Å². The van der Waals surface area contributed by atoms with Crippen LogP contribution < -0.4 is 26.6 Å². The molecule has 0 spiro atoms. The van der Waals surface area contributed by atoms with Gasteiger partial charge in [0.15, 0.2) is 0 Å². The summed E-state index contributed by atoms with van der Waals surface area (Å²) in [7, 11) is 0. The van der Waals surface area contributed by atoms with Gasteiger partial charge in [0.25, 0.3) is 0 Å². The molecule has 0 bridgehead atoms. The average molecular weight is 1060 g/mol. The standard InChI is InChI=1S/C54H75N17O6/c1-6-24-75-26-28-77-29-27-76-25-15-57-52-59-53(68-20-16-66(17-21-68)50(73)48(32-39-11-13-42(72)14-12-39)70-35-46(62-64-70)43(55)30-37(2)3)61-54(60-52)69-22-18-67(19-23-69)51(74)49(34-41-33-40-9-7-8-10-45(40)58-41)71-36-47(63-65-71)44(56)31-38(4)5/h1,7-14,33,35-38,43-44,48-49,58,72H,15-32,34,55-56H2,2-5H3,(H,57,59,60,61). The molecule has 6 aromatic rings. The first-order chi connectivity index (χ1) is 37.3. The number of H-pyrrole nitrogens is 1. The fourth-order valence-electron chi connectivity index (χ4n) is 9.57. The number of hydrogen-bond donors (Lipinski definition) is 5. The molecule has 2 aromatic carbocycles. The van der Waals surface area contributed by atoms with Crippen molar-refractivity contribution in [2.45, 2.75) is 77.5 Å². The molecule has 2 saturated heterocycles. The van der Waals surface area contributed by atoms with Crippen LogP contribution in [0.15, 0.2) is 67.0 Å². The van der Waals surface area contributed by atoms with Crippen molar-refractivity contribution in [2.24, 2.45) is 23.3 Å². The number of aromatic nitrogens is 10. The summed E-state index contributed by atoms with van der Waals surface area (Å²) in [5.41, 5.74) is 17.1. The molecule has 0 radical (unpaired) electrons. The predicted octanol–water partition coefficient (Wildman–Crippen LogP) is 3.69. The first-order valence-electron chi connectivity index (χ1n) is 26.7. The molecule has 0 saturated carbocycles. The molecule has 6 heterocycles. The highest BCUT2D eigenvalue weighted by molar-refractivity contribution is 5.83. The molecule has 2 aliphatic heterocycles. The summed E-state index contributed by atoms with van der Waals surface area (Å²) in [6, 6.07) is 15.0. The monoisotopic (exact) mass is 1060 g/mol. The van der Waals surface area contributed by atoms with E-state index < -0.39 is 12.1 Å². The van der Waals surface area contributed by atoms with E-state index in [0.717, 1.165) is 35.0 Å². The van der Waals surface area contributed by atoms with Crippen molar-refractivity contribution in [1.82, 2.24) is 59.7 Å². The Morgan fingerprint density at radius 1 is 0.701 bits per heavy atom. The Morgan fingerprint density at radius 3 is 1.75 bits per heavy atom. The van der Waals surface area contributed by atoms with Gasteiger partial charge in [-0.25, -0.2) is 9.36 Å². The molecular formula is C54H75N17O6. The van der Waals surface area contributed by atoms with Crippen molar-refractivity contribution in [3.63, 3.8) is 0 Å². The highest BCUT2D eigenvalue weighted by Crippen LogP contribution is 2.27. The van der Waals surface area contributed by atoms with Crippen LogP contribution in [0.1, 0.15) is 87.3 Å². The first kappa shape index (κ1) is 56.0. The molecule has 4 aromatic heterocycles. The maximum absolute atomic E-state index is 14.7. The van der Waals surface area contributed by atoms with E-state index in [4.69, 9.17) is 47.1 Å². The van der Waals surface area contributed by atoms with Crippen LogP contribution in [0.5, 0.6) is 5.75 Å². The summed E-state index contributed by atoms with van der Waals surface area (Å²) in [6.45, 7) is 14.5. The van der Waals surface area contributed by atoms with E-state index in [1.165, 1.54) is 0 Å². The third-order valence-corrected chi connectivity index (χ3v) is 13.7. The third kappa shape index (κ3) is 15.5. The SMILES string of the molecule is C#CCOCCOCCOCCNc1nc(N2CCN(C(=O)C(Cc3ccc(O)cc3)n3cc(C(N)CC(C)C)nn3)CC2)nc(N2CCN(C(=O)C(Cc3cc4ccccc4[nH]3)n3cc(C(N)CC(C)C)nn3)CC2)n1. The van der Waals surface area contributed by atoms with Crippen molar-refractivity contribution in [1.29, 1.82) is 0 Å². The molecule has 8 rings (SSSR count). The van der Waals surface area contributed by atoms with Crippen LogP contribution in [-0.2, 0) is 36.6 Å². The van der Waals surface area contributed by atoms with Gasteiger partial charge < -0.3 is 60.7 Å². The van der Waals surface area contributed by atoms with Gasteiger partial charge in [0, 0.05) is 83.0 Å². The van der Waals surface area contributed by atoms with Crippen LogP contribution in [0.4, 0.5) is 17.8 Å². The molecule has 4 atom stereocenters. The lowest BCUT2D eigenvalue weighted by Crippen LogP contribution is -2.52. The Hall–Kier alpha value is -7.23. The number of benzene rings is 2. The quantitative estimate of drug-likeness (QED) is 0.0363. The second kappa shape index (κ2) is 27.2. The van der Waals surface area contributed by atoms with E-state index in [9.17, 15) is 14.7 Å². The topological polar surface area (TPSA) is 275 Å². The van der Waals surface area contributed by atoms with E-state index in [0.29, 0.717) is 146 Å². The maximum atomic E-state index is 14.7. The normalized spacial score (nSPS) is 15.8. The number of terminal acetylenes is 1. The molecule has 7 N–H and O–H groups in total. The van der Waals surface area contributed by atoms with Crippen molar-refractivity contribution in [2.75, 3.05) is 114 Å². The van der Waals surface area contributed by atoms with Crippen LogP contribution in [0, 0.1) is 24.2 Å². The van der Waals surface area contributed by atoms with Crippen LogP contribution in [0.25, 0.3) is 10.9 Å². The fourth-order valence-corrected chi connectivity index (χ4v) is 9.57. The Balaban J connectivity index is 0.960. The van der Waals surface area contributed by atoms with Gasteiger partial charge in [0.2, 0.25) is 29.7 Å². The summed E-state index contributed by atoms with van der Waals surface area (Å²) < 4.78 is 19.9. The number of phenols is 1. The molecule has 0 aliphatic carbocycles. The largest absolute Gasteiger partial charge is 0.508 e.